The van der Waals surface area contributed by atoms with E-state index in [4.69, 9.17) is 32.3 Å². The third-order valence-electron chi connectivity index (χ3n) is 18.6. The summed E-state index contributed by atoms with van der Waals surface area (Å²) in [7, 11) is -9.79. The van der Waals surface area contributed by atoms with E-state index in [1.54, 1.807) is 0 Å². The zero-order valence-electron chi connectivity index (χ0n) is 69.2. The zero-order valence-corrected chi connectivity index (χ0v) is 71.0. The molecular formula is C91H160O16P2. The van der Waals surface area contributed by atoms with Crippen molar-refractivity contribution < 1.29 is 75.8 Å². The number of hydrogen-bond acceptors (Lipinski definition) is 14. The molecule has 0 saturated heterocycles. The molecule has 0 bridgehead atoms. The average molecular weight is 1570 g/mol. The standard InChI is InChI=1S/C91H160O16P2/c1-4-7-10-13-16-19-22-24-26-28-30-32-34-36-38-39-40-41-42-43-44-45-47-49-50-52-54-56-58-60-63-65-68-71-74-77-89(94)101-80-86(92)81-103-108(97,98)104-82-87(93)83-105-109(99,100)106-85-88(107-91(96)79-76-73-70-67-62-21-18-15-12-9-6-3)84-102-90(95)78-75-72-69-66-64-61-59-57-55-53-51-48-46-37-35-33-31-29-27-25-23-20-17-14-11-8-5-2/h8,11,15-20,24-27,30-33,36-38,46,86-88,92-93H,4-7,9-10,12-14,21-23,28-29,34-35,39-45,47-85H2,1-3H3,(H,97,98)(H,99,100)/b11-8-,18-15-,19-16-,20-17-,26-24-,27-25-,32-30-,33-31-,38-36-,46-37-. The molecule has 0 aromatic heterocycles. The highest BCUT2D eigenvalue weighted by Crippen LogP contribution is 2.45. The van der Waals surface area contributed by atoms with E-state index in [1.165, 1.54) is 180 Å². The normalized spacial score (nSPS) is 14.4. The first kappa shape index (κ1) is 105. The second kappa shape index (κ2) is 83.4. The van der Waals surface area contributed by atoms with Gasteiger partial charge in [-0.25, -0.2) is 9.13 Å². The molecule has 0 saturated carbocycles. The van der Waals surface area contributed by atoms with Gasteiger partial charge in [-0.1, -0.05) is 354 Å². The molecular weight excluding hydrogens is 1410 g/mol. The summed E-state index contributed by atoms with van der Waals surface area (Å²) in [5.41, 5.74) is 0. The summed E-state index contributed by atoms with van der Waals surface area (Å²) in [6.45, 7) is 2.53. The summed E-state index contributed by atoms with van der Waals surface area (Å²) in [6, 6.07) is 0. The van der Waals surface area contributed by atoms with Gasteiger partial charge in [0.05, 0.1) is 26.4 Å². The van der Waals surface area contributed by atoms with E-state index in [2.05, 4.69) is 142 Å². The number of ether oxygens (including phenoxy) is 3. The Morgan fingerprint density at radius 2 is 0.495 bits per heavy atom. The monoisotopic (exact) mass is 1570 g/mol. The van der Waals surface area contributed by atoms with Crippen LogP contribution in [0.4, 0.5) is 0 Å². The Kier molecular flexibility index (Phi) is 80.3. The van der Waals surface area contributed by atoms with Gasteiger partial charge in [0.2, 0.25) is 0 Å². The maximum absolute atomic E-state index is 12.9. The summed E-state index contributed by atoms with van der Waals surface area (Å²) in [6.07, 6.45) is 101. The predicted molar refractivity (Wildman–Crippen MR) is 454 cm³/mol. The van der Waals surface area contributed by atoms with Gasteiger partial charge in [0.15, 0.2) is 6.10 Å². The fourth-order valence-corrected chi connectivity index (χ4v) is 13.6. The molecule has 0 radical (unpaired) electrons. The number of esters is 3. The number of phosphoric ester groups is 2. The smallest absolute Gasteiger partial charge is 0.463 e. The van der Waals surface area contributed by atoms with Crippen molar-refractivity contribution in [2.24, 2.45) is 0 Å². The number of hydrogen-bond donors (Lipinski definition) is 4. The third kappa shape index (κ3) is 84.7. The average Bonchev–Trinajstić information content (AvgIpc) is 0.901. The van der Waals surface area contributed by atoms with Crippen molar-refractivity contribution >= 4 is 33.6 Å². The predicted octanol–water partition coefficient (Wildman–Crippen LogP) is 26.4. The molecule has 0 aliphatic rings. The lowest BCUT2D eigenvalue weighted by atomic mass is 10.0. The molecule has 0 aliphatic heterocycles. The second-order valence-corrected chi connectivity index (χ2v) is 32.2. The first-order valence-corrected chi connectivity index (χ1v) is 46.8. The van der Waals surface area contributed by atoms with Crippen LogP contribution in [0.2, 0.25) is 0 Å². The van der Waals surface area contributed by atoms with Crippen molar-refractivity contribution in [3.05, 3.63) is 122 Å². The Hall–Kier alpha value is -4.05. The minimum Gasteiger partial charge on any atom is -0.463 e. The minimum atomic E-state index is -4.93. The molecule has 0 fully saturated rings. The van der Waals surface area contributed by atoms with Crippen LogP contribution < -0.4 is 0 Å². The van der Waals surface area contributed by atoms with Crippen molar-refractivity contribution in [3.63, 3.8) is 0 Å². The molecule has 0 aromatic carbocycles. The van der Waals surface area contributed by atoms with E-state index in [-0.39, 0.29) is 19.3 Å². The molecule has 0 aliphatic carbocycles. The number of unbranched alkanes of at least 4 members (excludes halogenated alkanes) is 40. The van der Waals surface area contributed by atoms with Crippen LogP contribution in [0, 0.1) is 0 Å². The van der Waals surface area contributed by atoms with Crippen LogP contribution in [-0.4, -0.2) is 95.9 Å². The van der Waals surface area contributed by atoms with Crippen LogP contribution in [0.3, 0.4) is 0 Å². The van der Waals surface area contributed by atoms with Gasteiger partial charge in [-0.15, -0.1) is 0 Å². The molecule has 5 atom stereocenters. The minimum absolute atomic E-state index is 0.0933. The summed E-state index contributed by atoms with van der Waals surface area (Å²) in [4.78, 5) is 58.7. The summed E-state index contributed by atoms with van der Waals surface area (Å²) >= 11 is 0. The van der Waals surface area contributed by atoms with E-state index in [0.717, 1.165) is 141 Å². The van der Waals surface area contributed by atoms with Gasteiger partial charge in [0.25, 0.3) is 0 Å². The van der Waals surface area contributed by atoms with Gasteiger partial charge in [-0.2, -0.15) is 0 Å². The fourth-order valence-electron chi connectivity index (χ4n) is 12.0. The lowest BCUT2D eigenvalue weighted by Gasteiger charge is -2.21. The van der Waals surface area contributed by atoms with Crippen LogP contribution in [-0.2, 0) is 55.8 Å². The van der Waals surface area contributed by atoms with Crippen LogP contribution in [0.15, 0.2) is 122 Å². The topological polar surface area (TPSA) is 231 Å². The maximum atomic E-state index is 12.9. The lowest BCUT2D eigenvalue weighted by Crippen LogP contribution is -2.30. The van der Waals surface area contributed by atoms with Crippen LogP contribution >= 0.6 is 15.6 Å². The number of rotatable bonds is 83. The van der Waals surface area contributed by atoms with E-state index >= 15 is 0 Å². The zero-order chi connectivity index (χ0) is 79.4. The largest absolute Gasteiger partial charge is 0.472 e. The lowest BCUT2D eigenvalue weighted by molar-refractivity contribution is -0.161. The van der Waals surface area contributed by atoms with Crippen molar-refractivity contribution in [2.75, 3.05) is 39.6 Å². The number of phosphoric acid groups is 2. The van der Waals surface area contributed by atoms with Gasteiger partial charge in [0.1, 0.15) is 25.4 Å². The van der Waals surface area contributed by atoms with E-state index in [9.17, 15) is 43.5 Å². The molecule has 0 aromatic rings. The molecule has 109 heavy (non-hydrogen) atoms. The summed E-state index contributed by atoms with van der Waals surface area (Å²) in [5.74, 6) is -1.58. The van der Waals surface area contributed by atoms with Crippen molar-refractivity contribution in [2.45, 2.75) is 399 Å². The van der Waals surface area contributed by atoms with E-state index in [1.807, 2.05) is 0 Å². The number of carbonyl (C=O) groups is 3. The highest BCUT2D eigenvalue weighted by atomic mass is 31.2. The van der Waals surface area contributed by atoms with Gasteiger partial charge in [-0.3, -0.25) is 32.5 Å². The molecule has 630 valence electrons. The number of allylic oxidation sites excluding steroid dienone is 20. The molecule has 16 nitrogen and oxygen atoms in total. The maximum Gasteiger partial charge on any atom is 0.472 e. The Bertz CT molecular complexity index is 2460. The van der Waals surface area contributed by atoms with Crippen LogP contribution in [0.5, 0.6) is 0 Å². The van der Waals surface area contributed by atoms with E-state index < -0.39 is 91.5 Å². The van der Waals surface area contributed by atoms with Gasteiger partial charge >= 0.3 is 33.6 Å². The van der Waals surface area contributed by atoms with E-state index in [0.29, 0.717) is 19.3 Å². The molecule has 0 rings (SSSR count). The Morgan fingerprint density at radius 1 is 0.266 bits per heavy atom. The van der Waals surface area contributed by atoms with Crippen molar-refractivity contribution in [1.82, 2.24) is 0 Å². The Balaban J connectivity index is 4.33. The molecule has 0 spiro atoms. The van der Waals surface area contributed by atoms with Crippen molar-refractivity contribution in [1.29, 1.82) is 0 Å². The Labute approximate surface area is 665 Å². The molecule has 4 N–H and O–H groups in total. The quantitative estimate of drug-likeness (QED) is 0.0146. The molecule has 0 heterocycles. The molecule has 0 amide bonds. The van der Waals surface area contributed by atoms with Crippen molar-refractivity contribution in [3.8, 4) is 0 Å². The molecule has 18 heteroatoms. The number of carbonyl (C=O) groups excluding carboxylic acids is 3. The van der Waals surface area contributed by atoms with Gasteiger partial charge < -0.3 is 34.2 Å². The van der Waals surface area contributed by atoms with Gasteiger partial charge in [0, 0.05) is 19.3 Å². The Morgan fingerprint density at radius 3 is 0.807 bits per heavy atom. The molecule has 5 unspecified atom stereocenters. The van der Waals surface area contributed by atoms with Crippen LogP contribution in [0.1, 0.15) is 380 Å². The third-order valence-corrected chi connectivity index (χ3v) is 20.5. The first-order valence-electron chi connectivity index (χ1n) is 43.8. The van der Waals surface area contributed by atoms with Gasteiger partial charge in [-0.05, 0) is 128 Å². The summed E-state index contributed by atoms with van der Waals surface area (Å²) < 4.78 is 61.2. The highest BCUT2D eigenvalue weighted by molar-refractivity contribution is 7.47. The van der Waals surface area contributed by atoms with Crippen LogP contribution in [0.25, 0.3) is 0 Å². The second-order valence-electron chi connectivity index (χ2n) is 29.3. The summed E-state index contributed by atoms with van der Waals surface area (Å²) in [5, 5.41) is 20.7. The first-order chi connectivity index (χ1) is 53.2. The number of aliphatic hydroxyl groups is 2. The SMILES string of the molecule is CC/C=C\C/C=C\C/C=C\C/C=C\C/C=C\CCCCCCCCCCCCCC(=O)OCC(COP(=O)(O)OCC(O)COP(=O)(O)OCC(O)COC(=O)CCCCCCCCCCCCCCCCCCCCC/C=C\C/C=C\C/C=C\C/C=C\CCCCC)OC(=O)CCCCCCC/C=C\CCCC. The highest BCUT2D eigenvalue weighted by Gasteiger charge is 2.29. The fraction of sp³-hybridized carbons (Fsp3) is 0.747. The number of aliphatic hydroxyl groups excluding tert-OH is 2.